The van der Waals surface area contributed by atoms with E-state index in [9.17, 15) is 9.18 Å². The largest absolute Gasteiger partial charge is 0.345 e. The van der Waals surface area contributed by atoms with Crippen LogP contribution in [0.25, 0.3) is 0 Å². The van der Waals surface area contributed by atoms with Crippen LogP contribution >= 0.6 is 0 Å². The first-order chi connectivity index (χ1) is 9.49. The summed E-state index contributed by atoms with van der Waals surface area (Å²) >= 11 is 0. The van der Waals surface area contributed by atoms with Crippen molar-refractivity contribution in [3.63, 3.8) is 0 Å². The van der Waals surface area contributed by atoms with Crippen LogP contribution in [0.5, 0.6) is 0 Å². The Bertz CT molecular complexity index is 637. The summed E-state index contributed by atoms with van der Waals surface area (Å²) in [5.41, 5.74) is 3.09. The highest BCUT2D eigenvalue weighted by molar-refractivity contribution is 5.94. The zero-order chi connectivity index (χ0) is 14.7. The second kappa shape index (κ2) is 5.87. The van der Waals surface area contributed by atoms with E-state index in [1.165, 1.54) is 6.07 Å². The van der Waals surface area contributed by atoms with Crippen LogP contribution in [0.2, 0.25) is 0 Å². The minimum Gasteiger partial charge on any atom is -0.345 e. The van der Waals surface area contributed by atoms with Crippen molar-refractivity contribution in [2.75, 3.05) is 0 Å². The monoisotopic (exact) mass is 271 g/mol. The summed E-state index contributed by atoms with van der Waals surface area (Å²) in [6, 6.07) is 12.2. The molecule has 0 saturated carbocycles. The van der Waals surface area contributed by atoms with Gasteiger partial charge in [0.25, 0.3) is 5.91 Å². The van der Waals surface area contributed by atoms with Crippen molar-refractivity contribution in [1.82, 2.24) is 5.32 Å². The molecule has 0 fully saturated rings. The van der Waals surface area contributed by atoms with Gasteiger partial charge in [-0.1, -0.05) is 35.9 Å². The molecule has 0 aliphatic rings. The van der Waals surface area contributed by atoms with E-state index in [4.69, 9.17) is 0 Å². The van der Waals surface area contributed by atoms with E-state index in [1.54, 1.807) is 12.1 Å². The van der Waals surface area contributed by atoms with Crippen LogP contribution in [-0.4, -0.2) is 5.91 Å². The minimum atomic E-state index is -0.495. The summed E-state index contributed by atoms with van der Waals surface area (Å²) in [6.45, 7) is 5.72. The van der Waals surface area contributed by atoms with Crippen LogP contribution < -0.4 is 5.32 Å². The Hall–Kier alpha value is -2.16. The number of hydrogen-bond donors (Lipinski definition) is 1. The maximum atomic E-state index is 13.7. The molecule has 1 unspecified atom stereocenters. The highest BCUT2D eigenvalue weighted by Gasteiger charge is 2.16. The van der Waals surface area contributed by atoms with Gasteiger partial charge in [0.1, 0.15) is 5.82 Å². The number of halogens is 1. The standard InChI is InChI=1S/C17H18FNO/c1-11-8-9-16(18)15(10-11)17(20)19-13(3)14-7-5-4-6-12(14)2/h4-10,13H,1-3H3,(H,19,20). The average Bonchev–Trinajstić information content (AvgIpc) is 2.41. The molecule has 0 spiro atoms. The van der Waals surface area contributed by atoms with Gasteiger partial charge in [0.05, 0.1) is 11.6 Å². The molecule has 1 atom stereocenters. The summed E-state index contributed by atoms with van der Waals surface area (Å²) in [7, 11) is 0. The molecule has 2 aromatic rings. The average molecular weight is 271 g/mol. The van der Waals surface area contributed by atoms with E-state index in [0.29, 0.717) is 0 Å². The number of carbonyl (C=O) groups is 1. The predicted octanol–water partition coefficient (Wildman–Crippen LogP) is 3.93. The Balaban J connectivity index is 2.20. The SMILES string of the molecule is Cc1ccc(F)c(C(=O)NC(C)c2ccccc2C)c1. The molecule has 2 aromatic carbocycles. The van der Waals surface area contributed by atoms with E-state index in [1.807, 2.05) is 45.0 Å². The molecule has 0 aromatic heterocycles. The molecule has 0 heterocycles. The van der Waals surface area contributed by atoms with Gasteiger partial charge in [0, 0.05) is 0 Å². The molecule has 0 bridgehead atoms. The van der Waals surface area contributed by atoms with Crippen molar-refractivity contribution in [2.24, 2.45) is 0 Å². The van der Waals surface area contributed by atoms with Gasteiger partial charge in [0.15, 0.2) is 0 Å². The Kier molecular flexibility index (Phi) is 4.18. The van der Waals surface area contributed by atoms with Crippen LogP contribution in [0.1, 0.15) is 40.0 Å². The van der Waals surface area contributed by atoms with Gasteiger partial charge in [-0.05, 0) is 44.0 Å². The van der Waals surface area contributed by atoms with Crippen molar-refractivity contribution < 1.29 is 9.18 Å². The van der Waals surface area contributed by atoms with Crippen molar-refractivity contribution in [2.45, 2.75) is 26.8 Å². The second-order valence-corrected chi connectivity index (χ2v) is 5.04. The first kappa shape index (κ1) is 14.3. The topological polar surface area (TPSA) is 29.1 Å². The molecule has 0 saturated heterocycles. The number of carbonyl (C=O) groups excluding carboxylic acids is 1. The number of hydrogen-bond acceptors (Lipinski definition) is 1. The number of benzene rings is 2. The van der Waals surface area contributed by atoms with Gasteiger partial charge >= 0.3 is 0 Å². The molecule has 3 heteroatoms. The van der Waals surface area contributed by atoms with Gasteiger partial charge < -0.3 is 5.32 Å². The van der Waals surface area contributed by atoms with Gasteiger partial charge in [-0.25, -0.2) is 4.39 Å². The summed E-state index contributed by atoms with van der Waals surface area (Å²) in [4.78, 5) is 12.2. The number of nitrogens with one attached hydrogen (secondary N) is 1. The maximum absolute atomic E-state index is 13.7. The molecule has 2 nitrogen and oxygen atoms in total. The third-order valence-corrected chi connectivity index (χ3v) is 3.37. The van der Waals surface area contributed by atoms with Crippen LogP contribution in [0.4, 0.5) is 4.39 Å². The number of rotatable bonds is 3. The molecular weight excluding hydrogens is 253 g/mol. The lowest BCUT2D eigenvalue weighted by Gasteiger charge is -2.17. The second-order valence-electron chi connectivity index (χ2n) is 5.04. The van der Waals surface area contributed by atoms with Gasteiger partial charge in [-0.2, -0.15) is 0 Å². The Morgan fingerprint density at radius 1 is 1.15 bits per heavy atom. The van der Waals surface area contributed by atoms with E-state index in [2.05, 4.69) is 5.32 Å². The molecule has 2 rings (SSSR count). The fourth-order valence-electron chi connectivity index (χ4n) is 2.24. The van der Waals surface area contributed by atoms with Crippen molar-refractivity contribution >= 4 is 5.91 Å². The zero-order valence-electron chi connectivity index (χ0n) is 11.9. The third kappa shape index (κ3) is 3.05. The van der Waals surface area contributed by atoms with E-state index < -0.39 is 5.82 Å². The first-order valence-corrected chi connectivity index (χ1v) is 6.61. The van der Waals surface area contributed by atoms with Crippen molar-refractivity contribution in [3.05, 3.63) is 70.5 Å². The molecule has 0 radical (unpaired) electrons. The van der Waals surface area contributed by atoms with Crippen LogP contribution in [0.15, 0.2) is 42.5 Å². The minimum absolute atomic E-state index is 0.0884. The van der Waals surface area contributed by atoms with E-state index in [-0.39, 0.29) is 17.5 Å². The van der Waals surface area contributed by atoms with Crippen molar-refractivity contribution in [1.29, 1.82) is 0 Å². The Morgan fingerprint density at radius 3 is 2.55 bits per heavy atom. The van der Waals surface area contributed by atoms with Gasteiger partial charge in [0.2, 0.25) is 0 Å². The lowest BCUT2D eigenvalue weighted by Crippen LogP contribution is -2.28. The van der Waals surface area contributed by atoms with Crippen molar-refractivity contribution in [3.8, 4) is 0 Å². The summed E-state index contributed by atoms with van der Waals surface area (Å²) < 4.78 is 13.7. The Labute approximate surface area is 118 Å². The number of amides is 1. The van der Waals surface area contributed by atoms with Crippen LogP contribution in [0.3, 0.4) is 0 Å². The molecular formula is C17H18FNO. The third-order valence-electron chi connectivity index (χ3n) is 3.37. The summed E-state index contributed by atoms with van der Waals surface area (Å²) in [5, 5.41) is 2.84. The lowest BCUT2D eigenvalue weighted by molar-refractivity contribution is 0.0935. The lowest BCUT2D eigenvalue weighted by atomic mass is 10.0. The van der Waals surface area contributed by atoms with Gasteiger partial charge in [-0.3, -0.25) is 4.79 Å². The zero-order valence-corrected chi connectivity index (χ0v) is 11.9. The van der Waals surface area contributed by atoms with E-state index >= 15 is 0 Å². The normalized spacial score (nSPS) is 12.0. The Morgan fingerprint density at radius 2 is 1.85 bits per heavy atom. The molecule has 20 heavy (non-hydrogen) atoms. The fraction of sp³-hybridized carbons (Fsp3) is 0.235. The molecule has 0 aliphatic heterocycles. The predicted molar refractivity (Wildman–Crippen MR) is 78.2 cm³/mol. The maximum Gasteiger partial charge on any atom is 0.254 e. The smallest absolute Gasteiger partial charge is 0.254 e. The fourth-order valence-corrected chi connectivity index (χ4v) is 2.24. The summed E-state index contributed by atoms with van der Waals surface area (Å²) in [6.07, 6.45) is 0. The first-order valence-electron chi connectivity index (χ1n) is 6.61. The highest BCUT2D eigenvalue weighted by atomic mass is 19.1. The quantitative estimate of drug-likeness (QED) is 0.900. The molecule has 1 amide bonds. The molecule has 1 N–H and O–H groups in total. The van der Waals surface area contributed by atoms with E-state index in [0.717, 1.165) is 16.7 Å². The highest BCUT2D eigenvalue weighted by Crippen LogP contribution is 2.18. The molecule has 104 valence electrons. The van der Waals surface area contributed by atoms with Crippen LogP contribution in [0, 0.1) is 19.7 Å². The van der Waals surface area contributed by atoms with Gasteiger partial charge in [-0.15, -0.1) is 0 Å². The number of aryl methyl sites for hydroxylation is 2. The molecule has 0 aliphatic carbocycles. The summed E-state index contributed by atoms with van der Waals surface area (Å²) in [5.74, 6) is -0.882. The van der Waals surface area contributed by atoms with Crippen LogP contribution in [-0.2, 0) is 0 Å².